The summed E-state index contributed by atoms with van der Waals surface area (Å²) in [5.41, 5.74) is -1.34. The molecule has 1 aliphatic rings. The van der Waals surface area contributed by atoms with Crippen molar-refractivity contribution < 1.29 is 23.1 Å². The van der Waals surface area contributed by atoms with Crippen molar-refractivity contribution in [2.75, 3.05) is 19.8 Å². The average Bonchev–Trinajstić information content (AvgIpc) is 2.41. The van der Waals surface area contributed by atoms with E-state index >= 15 is 0 Å². The maximum Gasteiger partial charge on any atom is 0.345 e. The number of cyclic esters (lactones) is 1. The Kier molecular flexibility index (Phi) is 4.16. The lowest BCUT2D eigenvalue weighted by Crippen LogP contribution is -2.31. The number of ether oxygens (including phenoxy) is 1. The molecular weight excluding hydrogens is 231 g/mol. The van der Waals surface area contributed by atoms with Gasteiger partial charge in [0.1, 0.15) is 0 Å². The van der Waals surface area contributed by atoms with Crippen LogP contribution in [-0.4, -0.2) is 31.4 Å². The standard InChI is InChI=1S/C10H19O5P/c1-5-14-16(12,15-6-2)8-9(11)13-7-10(8,3)4/h8H,5-7H2,1-4H3. The number of hydrogen-bond donors (Lipinski definition) is 0. The summed E-state index contributed by atoms with van der Waals surface area (Å²) >= 11 is 0. The minimum Gasteiger partial charge on any atom is -0.464 e. The van der Waals surface area contributed by atoms with Gasteiger partial charge in [0.05, 0.1) is 19.8 Å². The molecule has 0 spiro atoms. The van der Waals surface area contributed by atoms with E-state index < -0.39 is 24.6 Å². The maximum absolute atomic E-state index is 12.5. The third-order valence-electron chi connectivity index (χ3n) is 2.48. The first-order valence-corrected chi connectivity index (χ1v) is 7.04. The number of hydrogen-bond acceptors (Lipinski definition) is 5. The van der Waals surface area contributed by atoms with Crippen LogP contribution in [0, 0.1) is 5.41 Å². The Balaban J connectivity index is 3.01. The van der Waals surface area contributed by atoms with Crippen molar-refractivity contribution in [2.24, 2.45) is 5.41 Å². The molecule has 0 aromatic rings. The van der Waals surface area contributed by atoms with Gasteiger partial charge in [0.2, 0.25) is 0 Å². The molecule has 1 rings (SSSR count). The Morgan fingerprint density at radius 3 is 2.19 bits per heavy atom. The summed E-state index contributed by atoms with van der Waals surface area (Å²) in [6, 6.07) is 0. The lowest BCUT2D eigenvalue weighted by Gasteiger charge is -2.28. The van der Waals surface area contributed by atoms with Crippen molar-refractivity contribution in [3.63, 3.8) is 0 Å². The van der Waals surface area contributed by atoms with Crippen molar-refractivity contribution in [1.29, 1.82) is 0 Å². The summed E-state index contributed by atoms with van der Waals surface area (Å²) < 4.78 is 27.8. The average molecular weight is 250 g/mol. The zero-order valence-electron chi connectivity index (χ0n) is 10.2. The summed E-state index contributed by atoms with van der Waals surface area (Å²) in [4.78, 5) is 11.6. The third kappa shape index (κ3) is 2.47. The van der Waals surface area contributed by atoms with Crippen LogP contribution in [-0.2, 0) is 23.1 Å². The van der Waals surface area contributed by atoms with Gasteiger partial charge in [-0.15, -0.1) is 0 Å². The van der Waals surface area contributed by atoms with Crippen LogP contribution < -0.4 is 0 Å². The number of rotatable bonds is 5. The van der Waals surface area contributed by atoms with Crippen LogP contribution in [0.2, 0.25) is 0 Å². The van der Waals surface area contributed by atoms with Crippen LogP contribution in [0.4, 0.5) is 0 Å². The van der Waals surface area contributed by atoms with Gasteiger partial charge in [-0.05, 0) is 13.8 Å². The topological polar surface area (TPSA) is 61.8 Å². The van der Waals surface area contributed by atoms with Gasteiger partial charge in [-0.1, -0.05) is 13.8 Å². The molecule has 0 aromatic carbocycles. The van der Waals surface area contributed by atoms with Crippen molar-refractivity contribution in [3.05, 3.63) is 0 Å². The second-order valence-corrected chi connectivity index (χ2v) is 6.49. The summed E-state index contributed by atoms with van der Waals surface area (Å²) in [7, 11) is -3.42. The molecule has 1 heterocycles. The molecule has 1 fully saturated rings. The normalized spacial score (nSPS) is 24.5. The third-order valence-corrected chi connectivity index (χ3v) is 5.26. The van der Waals surface area contributed by atoms with Crippen molar-refractivity contribution in [1.82, 2.24) is 0 Å². The molecule has 0 radical (unpaired) electrons. The number of esters is 1. The zero-order valence-corrected chi connectivity index (χ0v) is 11.1. The number of carbonyl (C=O) groups excluding carboxylic acids is 1. The largest absolute Gasteiger partial charge is 0.464 e. The summed E-state index contributed by atoms with van der Waals surface area (Å²) in [5.74, 6) is -0.491. The summed E-state index contributed by atoms with van der Waals surface area (Å²) in [6.45, 7) is 7.84. The Bertz CT molecular complexity index is 302. The van der Waals surface area contributed by atoms with E-state index in [0.717, 1.165) is 0 Å². The quantitative estimate of drug-likeness (QED) is 0.553. The molecule has 0 aromatic heterocycles. The highest BCUT2D eigenvalue weighted by atomic mass is 31.2. The van der Waals surface area contributed by atoms with E-state index in [1.54, 1.807) is 13.8 Å². The van der Waals surface area contributed by atoms with E-state index in [1.165, 1.54) is 0 Å². The van der Waals surface area contributed by atoms with Crippen LogP contribution >= 0.6 is 7.60 Å². The van der Waals surface area contributed by atoms with Gasteiger partial charge in [-0.2, -0.15) is 0 Å². The molecule has 94 valence electrons. The monoisotopic (exact) mass is 250 g/mol. The van der Waals surface area contributed by atoms with Gasteiger partial charge in [-0.3, -0.25) is 9.36 Å². The van der Waals surface area contributed by atoms with Crippen LogP contribution in [0.1, 0.15) is 27.7 Å². The van der Waals surface area contributed by atoms with E-state index in [9.17, 15) is 9.36 Å². The first-order valence-electron chi connectivity index (χ1n) is 5.43. The van der Waals surface area contributed by atoms with Gasteiger partial charge in [0.25, 0.3) is 0 Å². The number of carbonyl (C=O) groups is 1. The minimum atomic E-state index is -3.42. The molecule has 1 atom stereocenters. The van der Waals surface area contributed by atoms with Crippen molar-refractivity contribution >= 4 is 13.6 Å². The lowest BCUT2D eigenvalue weighted by molar-refractivity contribution is -0.138. The SMILES string of the molecule is CCOP(=O)(OCC)C1C(=O)OCC1(C)C. The Morgan fingerprint density at radius 1 is 1.38 bits per heavy atom. The van der Waals surface area contributed by atoms with E-state index in [2.05, 4.69) is 0 Å². The molecule has 5 nitrogen and oxygen atoms in total. The minimum absolute atomic E-state index is 0.247. The van der Waals surface area contributed by atoms with Crippen LogP contribution in [0.5, 0.6) is 0 Å². The molecule has 1 saturated heterocycles. The molecule has 0 N–H and O–H groups in total. The molecule has 0 saturated carbocycles. The molecule has 16 heavy (non-hydrogen) atoms. The Hall–Kier alpha value is -0.380. The second-order valence-electron chi connectivity index (χ2n) is 4.37. The first kappa shape index (κ1) is 13.7. The zero-order chi connectivity index (χ0) is 12.4. The molecule has 6 heteroatoms. The molecule has 0 bridgehead atoms. The van der Waals surface area contributed by atoms with Crippen molar-refractivity contribution in [2.45, 2.75) is 33.4 Å². The summed E-state index contributed by atoms with van der Waals surface area (Å²) in [5, 5.41) is 0. The molecule has 0 amide bonds. The highest BCUT2D eigenvalue weighted by Gasteiger charge is 2.56. The summed E-state index contributed by atoms with van der Waals surface area (Å²) in [6.07, 6.45) is 0. The van der Waals surface area contributed by atoms with Gasteiger partial charge >= 0.3 is 13.6 Å². The fourth-order valence-corrected chi connectivity index (χ4v) is 4.19. The first-order chi connectivity index (χ1) is 7.37. The predicted octanol–water partition coefficient (Wildman–Crippen LogP) is 2.20. The fraction of sp³-hybridized carbons (Fsp3) is 0.900. The van der Waals surface area contributed by atoms with E-state index in [-0.39, 0.29) is 19.8 Å². The second kappa shape index (κ2) is 4.86. The molecular formula is C10H19O5P. The highest BCUT2D eigenvalue weighted by molar-refractivity contribution is 7.55. The van der Waals surface area contributed by atoms with Gasteiger partial charge in [0.15, 0.2) is 5.66 Å². The van der Waals surface area contributed by atoms with Crippen LogP contribution in [0.3, 0.4) is 0 Å². The van der Waals surface area contributed by atoms with Gasteiger partial charge in [0, 0.05) is 5.41 Å². The lowest BCUT2D eigenvalue weighted by atomic mass is 9.92. The van der Waals surface area contributed by atoms with Crippen LogP contribution in [0.25, 0.3) is 0 Å². The Morgan fingerprint density at radius 2 is 1.88 bits per heavy atom. The molecule has 1 unspecified atom stereocenters. The smallest absolute Gasteiger partial charge is 0.345 e. The molecule has 1 aliphatic heterocycles. The van der Waals surface area contributed by atoms with Gasteiger partial charge < -0.3 is 13.8 Å². The van der Waals surface area contributed by atoms with E-state index in [0.29, 0.717) is 0 Å². The van der Waals surface area contributed by atoms with E-state index in [4.69, 9.17) is 13.8 Å². The van der Waals surface area contributed by atoms with Crippen LogP contribution in [0.15, 0.2) is 0 Å². The highest BCUT2D eigenvalue weighted by Crippen LogP contribution is 2.60. The molecule has 0 aliphatic carbocycles. The predicted molar refractivity (Wildman–Crippen MR) is 59.4 cm³/mol. The fourth-order valence-electron chi connectivity index (χ4n) is 1.84. The van der Waals surface area contributed by atoms with E-state index in [1.807, 2.05) is 13.8 Å². The Labute approximate surface area is 96.0 Å². The maximum atomic E-state index is 12.5. The van der Waals surface area contributed by atoms with Crippen molar-refractivity contribution in [3.8, 4) is 0 Å². The van der Waals surface area contributed by atoms with Gasteiger partial charge in [-0.25, -0.2) is 0 Å².